The molecule has 0 bridgehead atoms. The number of thioether (sulfide) groups is 1. The number of hydrogen-bond donors (Lipinski definition) is 1. The van der Waals surface area contributed by atoms with Gasteiger partial charge in [-0.2, -0.15) is 0 Å². The zero-order valence-electron chi connectivity index (χ0n) is 11.6. The second-order valence-corrected chi connectivity index (χ2v) is 6.52. The van der Waals surface area contributed by atoms with Crippen molar-refractivity contribution >= 4 is 27.7 Å². The molecule has 0 spiro atoms. The molecular weight excluding hydrogens is 306 g/mol. The Kier molecular flexibility index (Phi) is 8.03. The van der Waals surface area contributed by atoms with Crippen LogP contribution in [0.15, 0.2) is 27.6 Å². The van der Waals surface area contributed by atoms with Crippen molar-refractivity contribution in [3.63, 3.8) is 0 Å². The van der Waals surface area contributed by atoms with Crippen molar-refractivity contribution in [2.24, 2.45) is 0 Å². The van der Waals surface area contributed by atoms with E-state index in [4.69, 9.17) is 0 Å². The van der Waals surface area contributed by atoms with Gasteiger partial charge in [-0.25, -0.2) is 0 Å². The Hall–Kier alpha value is 0.01000. The van der Waals surface area contributed by atoms with Gasteiger partial charge in [-0.15, -0.1) is 11.8 Å². The monoisotopic (exact) mass is 329 g/mol. The third kappa shape index (κ3) is 5.33. The number of benzene rings is 1. The van der Waals surface area contributed by atoms with Crippen molar-refractivity contribution in [3.05, 3.63) is 28.2 Å². The molecule has 0 heterocycles. The topological polar surface area (TPSA) is 12.0 Å². The molecular formula is C15H24BrNS. The molecule has 3 heteroatoms. The molecule has 0 aromatic heterocycles. The predicted molar refractivity (Wildman–Crippen MR) is 86.5 cm³/mol. The SMILES string of the molecule is CCCCCSc1ccc(C(C)NCC)cc1Br. The van der Waals surface area contributed by atoms with Gasteiger partial charge in [0.25, 0.3) is 0 Å². The van der Waals surface area contributed by atoms with Crippen LogP contribution in [0.4, 0.5) is 0 Å². The van der Waals surface area contributed by atoms with Gasteiger partial charge in [0.15, 0.2) is 0 Å². The lowest BCUT2D eigenvalue weighted by Crippen LogP contribution is -2.17. The van der Waals surface area contributed by atoms with E-state index in [0.29, 0.717) is 6.04 Å². The van der Waals surface area contributed by atoms with E-state index in [1.165, 1.54) is 39.9 Å². The highest BCUT2D eigenvalue weighted by molar-refractivity contribution is 9.10. The van der Waals surface area contributed by atoms with Gasteiger partial charge in [0.05, 0.1) is 0 Å². The molecule has 0 aliphatic heterocycles. The van der Waals surface area contributed by atoms with E-state index in [1.54, 1.807) is 0 Å². The van der Waals surface area contributed by atoms with Crippen molar-refractivity contribution in [1.82, 2.24) is 5.32 Å². The highest BCUT2D eigenvalue weighted by atomic mass is 79.9. The zero-order chi connectivity index (χ0) is 13.4. The van der Waals surface area contributed by atoms with Crippen molar-refractivity contribution in [2.45, 2.75) is 51.0 Å². The number of rotatable bonds is 8. The fourth-order valence-corrected chi connectivity index (χ4v) is 3.53. The molecule has 1 aromatic rings. The summed E-state index contributed by atoms with van der Waals surface area (Å²) in [5, 5.41) is 3.44. The first-order valence-electron chi connectivity index (χ1n) is 6.84. The third-order valence-corrected chi connectivity index (χ3v) is 5.05. The Labute approximate surface area is 124 Å². The first-order valence-corrected chi connectivity index (χ1v) is 8.62. The van der Waals surface area contributed by atoms with E-state index in [2.05, 4.69) is 60.2 Å². The number of nitrogens with one attached hydrogen (secondary N) is 1. The van der Waals surface area contributed by atoms with Crippen LogP contribution in [0.2, 0.25) is 0 Å². The van der Waals surface area contributed by atoms with Crippen molar-refractivity contribution in [1.29, 1.82) is 0 Å². The standard InChI is InChI=1S/C15H24BrNS/c1-4-6-7-10-18-15-9-8-13(11-14(15)16)12(3)17-5-2/h8-9,11-12,17H,4-7,10H2,1-3H3. The molecule has 0 radical (unpaired) electrons. The van der Waals surface area contributed by atoms with Crippen LogP contribution in [0.25, 0.3) is 0 Å². The molecule has 102 valence electrons. The van der Waals surface area contributed by atoms with Crippen LogP contribution >= 0.6 is 27.7 Å². The van der Waals surface area contributed by atoms with E-state index in [9.17, 15) is 0 Å². The summed E-state index contributed by atoms with van der Waals surface area (Å²) >= 11 is 5.64. The number of hydrogen-bond acceptors (Lipinski definition) is 2. The van der Waals surface area contributed by atoms with Crippen LogP contribution < -0.4 is 5.32 Å². The van der Waals surface area contributed by atoms with Crippen molar-refractivity contribution < 1.29 is 0 Å². The summed E-state index contributed by atoms with van der Waals surface area (Å²) in [6.07, 6.45) is 3.93. The average Bonchev–Trinajstić information content (AvgIpc) is 2.36. The molecule has 0 amide bonds. The van der Waals surface area contributed by atoms with Crippen LogP contribution in [0, 0.1) is 0 Å². The van der Waals surface area contributed by atoms with E-state index in [-0.39, 0.29) is 0 Å². The fourth-order valence-electron chi connectivity index (χ4n) is 1.86. The largest absolute Gasteiger partial charge is 0.310 e. The van der Waals surface area contributed by atoms with Crippen LogP contribution in [0.1, 0.15) is 51.6 Å². The lowest BCUT2D eigenvalue weighted by atomic mass is 10.1. The fraction of sp³-hybridized carbons (Fsp3) is 0.600. The first kappa shape index (κ1) is 16.1. The molecule has 18 heavy (non-hydrogen) atoms. The number of unbranched alkanes of at least 4 members (excludes halogenated alkanes) is 2. The van der Waals surface area contributed by atoms with Gasteiger partial charge < -0.3 is 5.32 Å². The molecule has 1 rings (SSSR count). The predicted octanol–water partition coefficient (Wildman–Crippen LogP) is 5.40. The molecule has 0 saturated heterocycles. The van der Waals surface area contributed by atoms with Crippen LogP contribution in [-0.4, -0.2) is 12.3 Å². The maximum absolute atomic E-state index is 3.69. The molecule has 1 atom stereocenters. The third-order valence-electron chi connectivity index (χ3n) is 2.97. The van der Waals surface area contributed by atoms with E-state index >= 15 is 0 Å². The van der Waals surface area contributed by atoms with Crippen molar-refractivity contribution in [3.8, 4) is 0 Å². The Morgan fingerprint density at radius 3 is 2.67 bits per heavy atom. The van der Waals surface area contributed by atoms with Gasteiger partial charge in [-0.3, -0.25) is 0 Å². The summed E-state index contributed by atoms with van der Waals surface area (Å²) in [5.41, 5.74) is 1.35. The molecule has 0 aliphatic rings. The summed E-state index contributed by atoms with van der Waals surface area (Å²) in [6.45, 7) is 7.60. The summed E-state index contributed by atoms with van der Waals surface area (Å²) in [5.74, 6) is 1.22. The highest BCUT2D eigenvalue weighted by Crippen LogP contribution is 2.30. The summed E-state index contributed by atoms with van der Waals surface area (Å²) < 4.78 is 1.23. The van der Waals surface area contributed by atoms with Crippen LogP contribution in [0.5, 0.6) is 0 Å². The lowest BCUT2D eigenvalue weighted by Gasteiger charge is -2.14. The summed E-state index contributed by atoms with van der Waals surface area (Å²) in [4.78, 5) is 1.36. The lowest BCUT2D eigenvalue weighted by molar-refractivity contribution is 0.597. The van der Waals surface area contributed by atoms with Gasteiger partial charge in [-0.1, -0.05) is 32.8 Å². The maximum Gasteiger partial charge on any atom is 0.0314 e. The smallest absolute Gasteiger partial charge is 0.0314 e. The normalized spacial score (nSPS) is 12.7. The quantitative estimate of drug-likeness (QED) is 0.506. The van der Waals surface area contributed by atoms with Gasteiger partial charge in [0.2, 0.25) is 0 Å². The molecule has 0 aliphatic carbocycles. The van der Waals surface area contributed by atoms with E-state index in [1.807, 2.05) is 11.8 Å². The highest BCUT2D eigenvalue weighted by Gasteiger charge is 2.07. The van der Waals surface area contributed by atoms with Crippen molar-refractivity contribution in [2.75, 3.05) is 12.3 Å². The summed E-state index contributed by atoms with van der Waals surface area (Å²) in [7, 11) is 0. The molecule has 1 aromatic carbocycles. The van der Waals surface area contributed by atoms with E-state index < -0.39 is 0 Å². The van der Waals surface area contributed by atoms with Gasteiger partial charge >= 0.3 is 0 Å². The first-order chi connectivity index (χ1) is 8.69. The van der Waals surface area contributed by atoms with E-state index in [0.717, 1.165) is 6.54 Å². The molecule has 0 saturated carbocycles. The maximum atomic E-state index is 3.69. The van der Waals surface area contributed by atoms with Crippen LogP contribution in [0.3, 0.4) is 0 Å². The second kappa shape index (κ2) is 9.00. The Morgan fingerprint density at radius 2 is 2.06 bits per heavy atom. The van der Waals surface area contributed by atoms with Gasteiger partial charge in [0.1, 0.15) is 0 Å². The second-order valence-electron chi connectivity index (χ2n) is 4.52. The molecule has 1 N–H and O–H groups in total. The molecule has 1 nitrogen and oxygen atoms in total. The minimum Gasteiger partial charge on any atom is -0.310 e. The van der Waals surface area contributed by atoms with Gasteiger partial charge in [-0.05, 0) is 59.3 Å². The number of halogens is 1. The summed E-state index contributed by atoms with van der Waals surface area (Å²) in [6, 6.07) is 7.14. The molecule has 1 unspecified atom stereocenters. The molecule has 0 fully saturated rings. The zero-order valence-corrected chi connectivity index (χ0v) is 14.0. The van der Waals surface area contributed by atoms with Gasteiger partial charge in [0, 0.05) is 15.4 Å². The minimum absolute atomic E-state index is 0.422. The van der Waals surface area contributed by atoms with Crippen LogP contribution in [-0.2, 0) is 0 Å². The Morgan fingerprint density at radius 1 is 1.28 bits per heavy atom. The Balaban J connectivity index is 2.56. The minimum atomic E-state index is 0.422. The Bertz CT molecular complexity index is 354. The average molecular weight is 330 g/mol.